The van der Waals surface area contributed by atoms with Crippen LogP contribution in [0.1, 0.15) is 17.0 Å². The molecule has 0 saturated carbocycles. The molecule has 116 valence electrons. The van der Waals surface area contributed by atoms with Gasteiger partial charge in [0, 0.05) is 6.21 Å². The largest absolute Gasteiger partial charge is 0.279 e. The molecule has 3 aromatic rings. The Hall–Kier alpha value is -3.20. The van der Waals surface area contributed by atoms with Gasteiger partial charge in [-0.25, -0.2) is 0 Å². The third kappa shape index (κ3) is 2.84. The molecule has 4 rings (SSSR count). The SMILES string of the molecule is C(=NNc1ccccc1)C1C(c2ccccc2)=Nc2ccccc21. The molecule has 0 fully saturated rings. The molecule has 0 amide bonds. The second kappa shape index (κ2) is 6.50. The number of benzene rings is 3. The van der Waals surface area contributed by atoms with E-state index in [1.54, 1.807) is 0 Å². The number of hydrazone groups is 1. The van der Waals surface area contributed by atoms with Crippen LogP contribution in [0.4, 0.5) is 11.4 Å². The molecule has 0 spiro atoms. The average Bonchev–Trinajstić information content (AvgIpc) is 3.02. The van der Waals surface area contributed by atoms with Gasteiger partial charge in [0.1, 0.15) is 0 Å². The molecule has 1 unspecified atom stereocenters. The van der Waals surface area contributed by atoms with Gasteiger partial charge in [0.15, 0.2) is 0 Å². The fourth-order valence-corrected chi connectivity index (χ4v) is 2.90. The van der Waals surface area contributed by atoms with Crippen LogP contribution >= 0.6 is 0 Å². The lowest BCUT2D eigenvalue weighted by Gasteiger charge is -2.10. The van der Waals surface area contributed by atoms with Gasteiger partial charge in [-0.15, -0.1) is 0 Å². The van der Waals surface area contributed by atoms with Crippen molar-refractivity contribution in [1.29, 1.82) is 0 Å². The lowest BCUT2D eigenvalue weighted by atomic mass is 9.93. The zero-order chi connectivity index (χ0) is 16.2. The molecule has 24 heavy (non-hydrogen) atoms. The summed E-state index contributed by atoms with van der Waals surface area (Å²) in [6.07, 6.45) is 1.94. The second-order valence-electron chi connectivity index (χ2n) is 5.66. The van der Waals surface area contributed by atoms with Gasteiger partial charge in [-0.3, -0.25) is 10.4 Å². The van der Waals surface area contributed by atoms with E-state index in [1.165, 1.54) is 5.56 Å². The summed E-state index contributed by atoms with van der Waals surface area (Å²) in [6, 6.07) is 28.5. The highest BCUT2D eigenvalue weighted by Crippen LogP contribution is 2.36. The van der Waals surface area contributed by atoms with E-state index in [9.17, 15) is 0 Å². The number of nitrogens with one attached hydrogen (secondary N) is 1. The van der Waals surface area contributed by atoms with Crippen molar-refractivity contribution in [2.24, 2.45) is 10.1 Å². The first-order chi connectivity index (χ1) is 11.9. The zero-order valence-electron chi connectivity index (χ0n) is 13.1. The van der Waals surface area contributed by atoms with Crippen LogP contribution in [-0.2, 0) is 0 Å². The molecule has 1 atom stereocenters. The van der Waals surface area contributed by atoms with E-state index in [0.717, 1.165) is 22.6 Å². The van der Waals surface area contributed by atoms with Gasteiger partial charge in [-0.1, -0.05) is 66.7 Å². The minimum absolute atomic E-state index is 0.0554. The predicted octanol–water partition coefficient (Wildman–Crippen LogP) is 5.00. The topological polar surface area (TPSA) is 36.8 Å². The van der Waals surface area contributed by atoms with Crippen molar-refractivity contribution in [1.82, 2.24) is 0 Å². The summed E-state index contributed by atoms with van der Waals surface area (Å²) in [4.78, 5) is 4.83. The van der Waals surface area contributed by atoms with Crippen LogP contribution in [0.25, 0.3) is 0 Å². The summed E-state index contributed by atoms with van der Waals surface area (Å²) in [6.45, 7) is 0. The summed E-state index contributed by atoms with van der Waals surface area (Å²) >= 11 is 0. The van der Waals surface area contributed by atoms with E-state index in [0.29, 0.717) is 0 Å². The maximum Gasteiger partial charge on any atom is 0.0676 e. The average molecular weight is 311 g/mol. The summed E-state index contributed by atoms with van der Waals surface area (Å²) in [5, 5.41) is 4.44. The van der Waals surface area contributed by atoms with Crippen LogP contribution in [0.3, 0.4) is 0 Å². The number of hydrogen-bond acceptors (Lipinski definition) is 3. The lowest BCUT2D eigenvalue weighted by Crippen LogP contribution is -2.12. The number of aliphatic imine (C=N–C) groups is 1. The molecule has 1 N–H and O–H groups in total. The highest BCUT2D eigenvalue weighted by Gasteiger charge is 2.26. The van der Waals surface area contributed by atoms with Gasteiger partial charge in [-0.2, -0.15) is 5.10 Å². The first-order valence-corrected chi connectivity index (χ1v) is 7.99. The van der Waals surface area contributed by atoms with Crippen molar-refractivity contribution in [2.45, 2.75) is 5.92 Å². The van der Waals surface area contributed by atoms with Crippen LogP contribution in [0.2, 0.25) is 0 Å². The fourth-order valence-electron chi connectivity index (χ4n) is 2.90. The summed E-state index contributed by atoms with van der Waals surface area (Å²) < 4.78 is 0. The van der Waals surface area contributed by atoms with Crippen molar-refractivity contribution in [3.05, 3.63) is 96.1 Å². The first kappa shape index (κ1) is 14.4. The van der Waals surface area contributed by atoms with Gasteiger partial charge in [-0.05, 0) is 29.3 Å². The Bertz CT molecular complexity index is 883. The van der Waals surface area contributed by atoms with E-state index < -0.39 is 0 Å². The lowest BCUT2D eigenvalue weighted by molar-refractivity contribution is 1.24. The fraction of sp³-hybridized carbons (Fsp3) is 0.0476. The molecule has 0 saturated heterocycles. The number of anilines is 1. The number of hydrogen-bond donors (Lipinski definition) is 1. The van der Waals surface area contributed by atoms with E-state index in [4.69, 9.17) is 4.99 Å². The molecule has 3 nitrogen and oxygen atoms in total. The third-order valence-corrected chi connectivity index (χ3v) is 4.07. The summed E-state index contributed by atoms with van der Waals surface area (Å²) in [5.41, 5.74) is 8.44. The molecule has 3 heteroatoms. The van der Waals surface area contributed by atoms with Gasteiger partial charge in [0.2, 0.25) is 0 Å². The Morgan fingerprint density at radius 2 is 1.46 bits per heavy atom. The Balaban J connectivity index is 1.64. The number of nitrogens with zero attached hydrogens (tertiary/aromatic N) is 2. The minimum atomic E-state index is 0.0554. The van der Waals surface area contributed by atoms with Gasteiger partial charge in [0.25, 0.3) is 0 Å². The number of rotatable bonds is 4. The second-order valence-corrected chi connectivity index (χ2v) is 5.66. The van der Waals surface area contributed by atoms with Gasteiger partial charge < -0.3 is 0 Å². The van der Waals surface area contributed by atoms with Crippen molar-refractivity contribution in [3.63, 3.8) is 0 Å². The van der Waals surface area contributed by atoms with E-state index in [1.807, 2.05) is 66.9 Å². The van der Waals surface area contributed by atoms with Crippen LogP contribution in [-0.4, -0.2) is 11.9 Å². The number of fused-ring (bicyclic) bond motifs is 1. The van der Waals surface area contributed by atoms with Crippen molar-refractivity contribution < 1.29 is 0 Å². The van der Waals surface area contributed by atoms with Crippen LogP contribution in [0.5, 0.6) is 0 Å². The molecule has 0 radical (unpaired) electrons. The van der Waals surface area contributed by atoms with Crippen molar-refractivity contribution in [3.8, 4) is 0 Å². The van der Waals surface area contributed by atoms with E-state index >= 15 is 0 Å². The summed E-state index contributed by atoms with van der Waals surface area (Å²) in [7, 11) is 0. The molecule has 1 aliphatic rings. The van der Waals surface area contributed by atoms with Crippen LogP contribution in [0, 0.1) is 0 Å². The number of para-hydroxylation sites is 2. The smallest absolute Gasteiger partial charge is 0.0676 e. The molecular weight excluding hydrogens is 294 g/mol. The quantitative estimate of drug-likeness (QED) is 0.534. The maximum absolute atomic E-state index is 4.83. The highest BCUT2D eigenvalue weighted by molar-refractivity contribution is 6.17. The predicted molar refractivity (Wildman–Crippen MR) is 100 cm³/mol. The molecule has 0 aliphatic carbocycles. The van der Waals surface area contributed by atoms with E-state index in [-0.39, 0.29) is 5.92 Å². The van der Waals surface area contributed by atoms with Gasteiger partial charge in [0.05, 0.1) is 23.0 Å². The standard InChI is InChI=1S/C21H17N3/c1-3-9-16(10-4-1)21-19(18-13-7-8-14-20(18)23-21)15-22-24-17-11-5-2-6-12-17/h1-15,19,24H. The van der Waals surface area contributed by atoms with Crippen LogP contribution in [0.15, 0.2) is 95.0 Å². The third-order valence-electron chi connectivity index (χ3n) is 4.07. The highest BCUT2D eigenvalue weighted by atomic mass is 15.3. The first-order valence-electron chi connectivity index (χ1n) is 7.99. The molecule has 1 aliphatic heterocycles. The Labute approximate surface area is 141 Å². The van der Waals surface area contributed by atoms with Crippen LogP contribution < -0.4 is 5.43 Å². The Morgan fingerprint density at radius 1 is 0.792 bits per heavy atom. The van der Waals surface area contributed by atoms with Crippen molar-refractivity contribution in [2.75, 3.05) is 5.43 Å². The molecule has 3 aromatic carbocycles. The maximum atomic E-state index is 4.83. The molecule has 0 aromatic heterocycles. The molecule has 1 heterocycles. The Kier molecular flexibility index (Phi) is 3.90. The van der Waals surface area contributed by atoms with Crippen molar-refractivity contribution >= 4 is 23.3 Å². The minimum Gasteiger partial charge on any atom is -0.279 e. The monoisotopic (exact) mass is 311 g/mol. The Morgan fingerprint density at radius 3 is 2.25 bits per heavy atom. The normalized spacial score (nSPS) is 16.0. The molecular formula is C21H17N3. The summed E-state index contributed by atoms with van der Waals surface area (Å²) in [5.74, 6) is 0.0554. The van der Waals surface area contributed by atoms with Gasteiger partial charge >= 0.3 is 0 Å². The van der Waals surface area contributed by atoms with E-state index in [2.05, 4.69) is 34.8 Å². The zero-order valence-corrected chi connectivity index (χ0v) is 13.1. The molecule has 0 bridgehead atoms.